The second-order valence-electron chi connectivity index (χ2n) is 4.69. The molecule has 2 rings (SSSR count). The van der Waals surface area contributed by atoms with Crippen molar-refractivity contribution in [2.45, 2.75) is 11.8 Å². The third-order valence-corrected chi connectivity index (χ3v) is 4.71. The smallest absolute Gasteiger partial charge is 0.243 e. The van der Waals surface area contributed by atoms with E-state index in [1.165, 1.54) is 11.1 Å². The fraction of sp³-hybridized carbons (Fsp3) is 0.308. The Labute approximate surface area is 123 Å². The van der Waals surface area contributed by atoms with Crippen LogP contribution in [0.5, 0.6) is 0 Å². The summed E-state index contributed by atoms with van der Waals surface area (Å²) in [5.41, 5.74) is 6.83. The molecule has 0 saturated heterocycles. The van der Waals surface area contributed by atoms with Gasteiger partial charge in [-0.2, -0.15) is 0 Å². The number of aromatic amines is 1. The summed E-state index contributed by atoms with van der Waals surface area (Å²) in [6.07, 6.45) is 1.39. The van der Waals surface area contributed by atoms with Gasteiger partial charge < -0.3 is 15.6 Å². The van der Waals surface area contributed by atoms with E-state index in [9.17, 15) is 13.2 Å². The van der Waals surface area contributed by atoms with E-state index in [1.807, 2.05) is 6.92 Å². The molecule has 0 fully saturated rings. The second-order valence-corrected chi connectivity index (χ2v) is 6.43. The first-order valence-electron chi connectivity index (χ1n) is 6.45. The Hall–Kier alpha value is -2.06. The van der Waals surface area contributed by atoms with Gasteiger partial charge in [0.1, 0.15) is 4.90 Å². The van der Waals surface area contributed by atoms with Gasteiger partial charge in [-0.1, -0.05) is 0 Å². The Morgan fingerprint density at radius 1 is 1.43 bits per heavy atom. The maximum Gasteiger partial charge on any atom is 0.243 e. The molecule has 21 heavy (non-hydrogen) atoms. The number of rotatable bonds is 5. The highest BCUT2D eigenvalue weighted by Gasteiger charge is 2.20. The highest BCUT2D eigenvalue weighted by molar-refractivity contribution is 7.89. The van der Waals surface area contributed by atoms with Crippen molar-refractivity contribution >= 4 is 32.5 Å². The molecule has 0 aliphatic rings. The zero-order valence-corrected chi connectivity index (χ0v) is 12.7. The van der Waals surface area contributed by atoms with Crippen molar-refractivity contribution in [1.82, 2.24) is 14.6 Å². The molecule has 0 aliphatic carbocycles. The normalized spacial score (nSPS) is 11.7. The van der Waals surface area contributed by atoms with E-state index in [2.05, 4.69) is 9.71 Å². The number of carbonyl (C=O) groups excluding carboxylic acids is 1. The van der Waals surface area contributed by atoms with E-state index in [0.717, 1.165) is 0 Å². The molecule has 8 heteroatoms. The maximum atomic E-state index is 12.3. The summed E-state index contributed by atoms with van der Waals surface area (Å²) in [6, 6.07) is 4.97. The molecule has 0 spiro atoms. The molecule has 0 aliphatic heterocycles. The summed E-state index contributed by atoms with van der Waals surface area (Å²) in [7, 11) is -2.17. The quantitative estimate of drug-likeness (QED) is 0.699. The minimum atomic E-state index is -3.78. The lowest BCUT2D eigenvalue weighted by atomic mass is 10.2. The van der Waals surface area contributed by atoms with Crippen LogP contribution in [-0.4, -0.2) is 44.3 Å². The van der Waals surface area contributed by atoms with E-state index in [-0.39, 0.29) is 17.3 Å². The van der Waals surface area contributed by atoms with Gasteiger partial charge in [0.05, 0.1) is 6.54 Å². The van der Waals surface area contributed by atoms with Crippen LogP contribution >= 0.6 is 0 Å². The molecule has 0 unspecified atom stereocenters. The first kappa shape index (κ1) is 15.3. The Kier molecular flexibility index (Phi) is 4.19. The lowest BCUT2D eigenvalue weighted by Crippen LogP contribution is -2.37. The number of sulfonamides is 1. The van der Waals surface area contributed by atoms with Crippen LogP contribution in [0.4, 0.5) is 5.69 Å². The molecule has 0 bridgehead atoms. The SMILES string of the molecule is CCN(C)C(=O)CNS(=O)(=O)c1c[nH]c2ccc(N)cc12. The van der Waals surface area contributed by atoms with Gasteiger partial charge in [-0.05, 0) is 25.1 Å². The Bertz CT molecular complexity index is 767. The Morgan fingerprint density at radius 2 is 2.14 bits per heavy atom. The van der Waals surface area contributed by atoms with E-state index < -0.39 is 10.0 Å². The van der Waals surface area contributed by atoms with Gasteiger partial charge in [0.15, 0.2) is 0 Å². The van der Waals surface area contributed by atoms with Gasteiger partial charge in [0.2, 0.25) is 15.9 Å². The molecule has 7 nitrogen and oxygen atoms in total. The maximum absolute atomic E-state index is 12.3. The number of nitrogen functional groups attached to an aromatic ring is 1. The predicted molar refractivity (Wildman–Crippen MR) is 81.2 cm³/mol. The van der Waals surface area contributed by atoms with Crippen LogP contribution in [0.15, 0.2) is 29.3 Å². The number of likely N-dealkylation sites (N-methyl/N-ethyl adjacent to an activating group) is 1. The fourth-order valence-corrected chi connectivity index (χ4v) is 3.02. The third-order valence-electron chi connectivity index (χ3n) is 3.27. The number of hydrogen-bond donors (Lipinski definition) is 3. The largest absolute Gasteiger partial charge is 0.399 e. The van der Waals surface area contributed by atoms with Crippen LogP contribution in [0.3, 0.4) is 0 Å². The van der Waals surface area contributed by atoms with Crippen LogP contribution in [0, 0.1) is 0 Å². The van der Waals surface area contributed by atoms with Gasteiger partial charge in [-0.25, -0.2) is 13.1 Å². The Morgan fingerprint density at radius 3 is 2.81 bits per heavy atom. The lowest BCUT2D eigenvalue weighted by molar-refractivity contribution is -0.128. The molecular weight excluding hydrogens is 292 g/mol. The third kappa shape index (κ3) is 3.17. The molecule has 114 valence electrons. The first-order valence-corrected chi connectivity index (χ1v) is 7.93. The molecule has 1 amide bonds. The monoisotopic (exact) mass is 310 g/mol. The number of H-pyrrole nitrogens is 1. The molecule has 1 aromatic carbocycles. The molecule has 4 N–H and O–H groups in total. The molecule has 0 saturated carbocycles. The number of hydrogen-bond acceptors (Lipinski definition) is 4. The van der Waals surface area contributed by atoms with Crippen LogP contribution in [-0.2, 0) is 14.8 Å². The summed E-state index contributed by atoms with van der Waals surface area (Å²) < 4.78 is 26.9. The van der Waals surface area contributed by atoms with Crippen molar-refractivity contribution in [3.63, 3.8) is 0 Å². The standard InChI is InChI=1S/C13H18N4O3S/c1-3-17(2)13(18)8-16-21(19,20)12-7-15-11-5-4-9(14)6-10(11)12/h4-7,15-16H,3,8,14H2,1-2H3. The van der Waals surface area contributed by atoms with Crippen molar-refractivity contribution in [2.75, 3.05) is 25.9 Å². The molecule has 0 atom stereocenters. The van der Waals surface area contributed by atoms with Crippen molar-refractivity contribution in [3.8, 4) is 0 Å². The fourth-order valence-electron chi connectivity index (χ4n) is 1.88. The predicted octanol–water partition coefficient (Wildman–Crippen LogP) is 0.507. The van der Waals surface area contributed by atoms with Crippen molar-refractivity contribution < 1.29 is 13.2 Å². The minimum absolute atomic E-state index is 0.0803. The zero-order chi connectivity index (χ0) is 15.6. The summed E-state index contributed by atoms with van der Waals surface area (Å²) in [4.78, 5) is 16.1. The number of fused-ring (bicyclic) bond motifs is 1. The van der Waals surface area contributed by atoms with Gasteiger partial charge in [-0.15, -0.1) is 0 Å². The van der Waals surface area contributed by atoms with Crippen molar-refractivity contribution in [2.24, 2.45) is 0 Å². The number of carbonyl (C=O) groups is 1. The van der Waals surface area contributed by atoms with Crippen LogP contribution in [0.25, 0.3) is 10.9 Å². The number of nitrogens with zero attached hydrogens (tertiary/aromatic N) is 1. The van der Waals surface area contributed by atoms with E-state index in [4.69, 9.17) is 5.73 Å². The van der Waals surface area contributed by atoms with Crippen molar-refractivity contribution in [3.05, 3.63) is 24.4 Å². The number of aromatic nitrogens is 1. The average molecular weight is 310 g/mol. The summed E-state index contributed by atoms with van der Waals surface area (Å²) >= 11 is 0. The second kappa shape index (κ2) is 5.74. The highest BCUT2D eigenvalue weighted by Crippen LogP contribution is 2.24. The topological polar surface area (TPSA) is 108 Å². The summed E-state index contributed by atoms with van der Waals surface area (Å²) in [5, 5.41) is 0.499. The lowest BCUT2D eigenvalue weighted by Gasteiger charge is -2.14. The van der Waals surface area contributed by atoms with Gasteiger partial charge in [-0.3, -0.25) is 4.79 Å². The molecular formula is C13H18N4O3S. The number of anilines is 1. The van der Waals surface area contributed by atoms with Crippen LogP contribution < -0.4 is 10.5 Å². The number of amides is 1. The Balaban J connectivity index is 2.26. The van der Waals surface area contributed by atoms with E-state index in [1.54, 1.807) is 25.2 Å². The van der Waals surface area contributed by atoms with Crippen LogP contribution in [0.1, 0.15) is 6.92 Å². The summed E-state index contributed by atoms with van der Waals surface area (Å²) in [5.74, 6) is -0.291. The summed E-state index contributed by atoms with van der Waals surface area (Å²) in [6.45, 7) is 2.06. The highest BCUT2D eigenvalue weighted by atomic mass is 32.2. The molecule has 2 aromatic rings. The van der Waals surface area contributed by atoms with E-state index in [0.29, 0.717) is 23.1 Å². The van der Waals surface area contributed by atoms with Gasteiger partial charge in [0.25, 0.3) is 0 Å². The average Bonchev–Trinajstić information content (AvgIpc) is 2.87. The van der Waals surface area contributed by atoms with Crippen molar-refractivity contribution in [1.29, 1.82) is 0 Å². The van der Waals surface area contributed by atoms with Gasteiger partial charge in [0, 0.05) is 36.4 Å². The van der Waals surface area contributed by atoms with Gasteiger partial charge >= 0.3 is 0 Å². The van der Waals surface area contributed by atoms with Crippen LogP contribution in [0.2, 0.25) is 0 Å². The van der Waals surface area contributed by atoms with E-state index >= 15 is 0 Å². The zero-order valence-electron chi connectivity index (χ0n) is 11.9. The molecule has 1 aromatic heterocycles. The number of nitrogens with two attached hydrogens (primary N) is 1. The minimum Gasteiger partial charge on any atom is -0.399 e. The number of benzene rings is 1. The number of nitrogens with one attached hydrogen (secondary N) is 2. The molecule has 1 heterocycles. The molecule has 0 radical (unpaired) electrons. The first-order chi connectivity index (χ1) is 9.85.